The molecule has 126 valence electrons. The maximum Gasteiger partial charge on any atom is 0.227 e. The number of anilines is 1. The Hall–Kier alpha value is -1.88. The molecule has 1 aliphatic heterocycles. The van der Waals surface area contributed by atoms with Crippen molar-refractivity contribution >= 4 is 17.5 Å². The minimum absolute atomic E-state index is 0.0190. The van der Waals surface area contributed by atoms with Gasteiger partial charge in [0.1, 0.15) is 0 Å². The molecule has 0 radical (unpaired) electrons. The normalized spacial score (nSPS) is 17.1. The van der Waals surface area contributed by atoms with Crippen LogP contribution in [0.4, 0.5) is 5.69 Å². The monoisotopic (exact) mass is 318 g/mol. The third-order valence-corrected chi connectivity index (χ3v) is 4.41. The highest BCUT2D eigenvalue weighted by molar-refractivity contribution is 5.92. The SMILES string of the molecule is CC(C)C(O)CC(=O)N1CCC(C(=O)Nc2ccccc2)CC1. The lowest BCUT2D eigenvalue weighted by Gasteiger charge is -2.32. The lowest BCUT2D eigenvalue weighted by atomic mass is 9.95. The van der Waals surface area contributed by atoms with E-state index in [9.17, 15) is 14.7 Å². The van der Waals surface area contributed by atoms with E-state index in [1.54, 1.807) is 4.90 Å². The molecule has 5 heteroatoms. The number of carbonyl (C=O) groups excluding carboxylic acids is 2. The number of aliphatic hydroxyl groups excluding tert-OH is 1. The Bertz CT molecular complexity index is 522. The number of aliphatic hydroxyl groups is 1. The summed E-state index contributed by atoms with van der Waals surface area (Å²) in [6, 6.07) is 9.41. The molecule has 2 amide bonds. The maximum atomic E-state index is 12.3. The van der Waals surface area contributed by atoms with Crippen molar-refractivity contribution in [3.63, 3.8) is 0 Å². The minimum Gasteiger partial charge on any atom is -0.392 e. The first kappa shape index (κ1) is 17.5. The van der Waals surface area contributed by atoms with Gasteiger partial charge in [0.15, 0.2) is 0 Å². The lowest BCUT2D eigenvalue weighted by molar-refractivity contribution is -0.136. The molecule has 1 unspecified atom stereocenters. The molecule has 0 aliphatic carbocycles. The number of hydrogen-bond acceptors (Lipinski definition) is 3. The van der Waals surface area contributed by atoms with Gasteiger partial charge in [0, 0.05) is 24.7 Å². The van der Waals surface area contributed by atoms with E-state index >= 15 is 0 Å². The Morgan fingerprint density at radius 1 is 1.22 bits per heavy atom. The molecule has 1 aromatic carbocycles. The Balaban J connectivity index is 1.79. The predicted octanol–water partition coefficient (Wildman–Crippen LogP) is 2.27. The molecule has 2 rings (SSSR count). The molecule has 1 aliphatic rings. The fourth-order valence-electron chi connectivity index (χ4n) is 2.70. The predicted molar refractivity (Wildman–Crippen MR) is 89.8 cm³/mol. The van der Waals surface area contributed by atoms with Crippen molar-refractivity contribution in [2.24, 2.45) is 11.8 Å². The van der Waals surface area contributed by atoms with Crippen molar-refractivity contribution in [2.45, 2.75) is 39.2 Å². The zero-order valence-electron chi connectivity index (χ0n) is 13.9. The summed E-state index contributed by atoms with van der Waals surface area (Å²) in [4.78, 5) is 26.2. The molecule has 0 saturated carbocycles. The third kappa shape index (κ3) is 5.06. The van der Waals surface area contributed by atoms with Crippen LogP contribution in [0.3, 0.4) is 0 Å². The van der Waals surface area contributed by atoms with E-state index < -0.39 is 6.10 Å². The van der Waals surface area contributed by atoms with Gasteiger partial charge in [-0.05, 0) is 30.9 Å². The molecule has 0 spiro atoms. The molecule has 1 heterocycles. The van der Waals surface area contributed by atoms with Gasteiger partial charge in [-0.15, -0.1) is 0 Å². The van der Waals surface area contributed by atoms with Crippen LogP contribution in [-0.2, 0) is 9.59 Å². The highest BCUT2D eigenvalue weighted by Crippen LogP contribution is 2.21. The van der Waals surface area contributed by atoms with E-state index in [2.05, 4.69) is 5.32 Å². The maximum absolute atomic E-state index is 12.3. The van der Waals surface area contributed by atoms with E-state index in [4.69, 9.17) is 0 Å². The summed E-state index contributed by atoms with van der Waals surface area (Å²) in [5, 5.41) is 12.7. The fourth-order valence-corrected chi connectivity index (χ4v) is 2.70. The van der Waals surface area contributed by atoms with Crippen LogP contribution in [0.2, 0.25) is 0 Å². The number of hydrogen-bond donors (Lipinski definition) is 2. The summed E-state index contributed by atoms with van der Waals surface area (Å²) in [6.45, 7) is 4.96. The van der Waals surface area contributed by atoms with E-state index in [1.165, 1.54) is 0 Å². The molecule has 0 bridgehead atoms. The zero-order chi connectivity index (χ0) is 16.8. The number of likely N-dealkylation sites (tertiary alicyclic amines) is 1. The van der Waals surface area contributed by atoms with Gasteiger partial charge in [-0.25, -0.2) is 0 Å². The van der Waals surface area contributed by atoms with Gasteiger partial charge in [0.05, 0.1) is 12.5 Å². The number of amides is 2. The zero-order valence-corrected chi connectivity index (χ0v) is 13.9. The van der Waals surface area contributed by atoms with E-state index in [0.717, 1.165) is 5.69 Å². The molecule has 1 aromatic rings. The highest BCUT2D eigenvalue weighted by Gasteiger charge is 2.28. The van der Waals surface area contributed by atoms with E-state index in [1.807, 2.05) is 44.2 Å². The second-order valence-corrected chi connectivity index (χ2v) is 6.53. The summed E-state index contributed by atoms with van der Waals surface area (Å²) in [5.74, 6) is 0.0149. The summed E-state index contributed by atoms with van der Waals surface area (Å²) in [7, 11) is 0. The fraction of sp³-hybridized carbons (Fsp3) is 0.556. The second-order valence-electron chi connectivity index (χ2n) is 6.53. The number of nitrogens with one attached hydrogen (secondary N) is 1. The summed E-state index contributed by atoms with van der Waals surface area (Å²) < 4.78 is 0. The largest absolute Gasteiger partial charge is 0.392 e. The number of nitrogens with zero attached hydrogens (tertiary/aromatic N) is 1. The molecule has 1 atom stereocenters. The number of rotatable bonds is 5. The van der Waals surface area contributed by atoms with Crippen LogP contribution in [-0.4, -0.2) is 41.0 Å². The Labute approximate surface area is 137 Å². The van der Waals surface area contributed by atoms with Crippen LogP contribution < -0.4 is 5.32 Å². The van der Waals surface area contributed by atoms with Gasteiger partial charge >= 0.3 is 0 Å². The standard InChI is InChI=1S/C18H26N2O3/c1-13(2)16(21)12-17(22)20-10-8-14(9-11-20)18(23)19-15-6-4-3-5-7-15/h3-7,13-14,16,21H,8-12H2,1-2H3,(H,19,23). The van der Waals surface area contributed by atoms with Gasteiger partial charge in [-0.1, -0.05) is 32.0 Å². The quantitative estimate of drug-likeness (QED) is 0.875. The van der Waals surface area contributed by atoms with E-state index in [-0.39, 0.29) is 30.1 Å². The van der Waals surface area contributed by atoms with Crippen LogP contribution >= 0.6 is 0 Å². The molecule has 23 heavy (non-hydrogen) atoms. The molecular weight excluding hydrogens is 292 g/mol. The minimum atomic E-state index is -0.596. The van der Waals surface area contributed by atoms with Gasteiger partial charge in [-0.2, -0.15) is 0 Å². The van der Waals surface area contributed by atoms with Crippen molar-refractivity contribution in [2.75, 3.05) is 18.4 Å². The average Bonchev–Trinajstić information content (AvgIpc) is 2.55. The van der Waals surface area contributed by atoms with Gasteiger partial charge in [0.25, 0.3) is 0 Å². The van der Waals surface area contributed by atoms with Crippen LogP contribution in [0, 0.1) is 11.8 Å². The summed E-state index contributed by atoms with van der Waals surface area (Å²) >= 11 is 0. The van der Waals surface area contributed by atoms with Crippen molar-refractivity contribution in [3.05, 3.63) is 30.3 Å². The molecule has 5 nitrogen and oxygen atoms in total. The smallest absolute Gasteiger partial charge is 0.227 e. The van der Waals surface area contributed by atoms with Crippen LogP contribution in [0.1, 0.15) is 33.1 Å². The van der Waals surface area contributed by atoms with Crippen LogP contribution in [0.25, 0.3) is 0 Å². The number of piperidine rings is 1. The highest BCUT2D eigenvalue weighted by atomic mass is 16.3. The van der Waals surface area contributed by atoms with Crippen molar-refractivity contribution < 1.29 is 14.7 Å². The molecule has 0 aromatic heterocycles. The Morgan fingerprint density at radius 3 is 2.39 bits per heavy atom. The number of carbonyl (C=O) groups is 2. The Morgan fingerprint density at radius 2 is 1.83 bits per heavy atom. The first-order chi connectivity index (χ1) is 11.0. The number of benzene rings is 1. The summed E-state index contributed by atoms with van der Waals surface area (Å²) in [6.07, 6.45) is 0.907. The topological polar surface area (TPSA) is 69.6 Å². The third-order valence-electron chi connectivity index (χ3n) is 4.41. The second kappa shape index (κ2) is 8.11. The average molecular weight is 318 g/mol. The van der Waals surface area contributed by atoms with E-state index in [0.29, 0.717) is 25.9 Å². The van der Waals surface area contributed by atoms with Crippen molar-refractivity contribution in [1.29, 1.82) is 0 Å². The molecule has 1 saturated heterocycles. The first-order valence-electron chi connectivity index (χ1n) is 8.29. The van der Waals surface area contributed by atoms with Gasteiger partial charge in [0.2, 0.25) is 11.8 Å². The molecule has 2 N–H and O–H groups in total. The van der Waals surface area contributed by atoms with Crippen molar-refractivity contribution in [1.82, 2.24) is 4.90 Å². The first-order valence-corrected chi connectivity index (χ1v) is 8.29. The molecule has 1 fully saturated rings. The number of para-hydroxylation sites is 1. The van der Waals surface area contributed by atoms with Crippen molar-refractivity contribution in [3.8, 4) is 0 Å². The van der Waals surface area contributed by atoms with Gasteiger partial charge < -0.3 is 15.3 Å². The molecular formula is C18H26N2O3. The Kier molecular flexibility index (Phi) is 6.16. The van der Waals surface area contributed by atoms with Gasteiger partial charge in [-0.3, -0.25) is 9.59 Å². The van der Waals surface area contributed by atoms with Crippen LogP contribution in [0.5, 0.6) is 0 Å². The lowest BCUT2D eigenvalue weighted by Crippen LogP contribution is -2.42. The van der Waals surface area contributed by atoms with Crippen LogP contribution in [0.15, 0.2) is 30.3 Å². The summed E-state index contributed by atoms with van der Waals surface area (Å²) in [5.41, 5.74) is 0.802.